The highest BCUT2D eigenvalue weighted by Crippen LogP contribution is 2.03. The minimum atomic E-state index is -2.02. The molecule has 20 heavy (non-hydrogen) atoms. The first-order valence-corrected chi connectivity index (χ1v) is 5.32. The van der Waals surface area contributed by atoms with Crippen LogP contribution in [0.15, 0.2) is 0 Å². The van der Waals surface area contributed by atoms with E-state index in [0.717, 1.165) is 0 Å². The Balaban J connectivity index is 0. The summed E-state index contributed by atoms with van der Waals surface area (Å²) in [6, 6.07) is 0. The molecule has 5 atom stereocenters. The standard InChI is InChI=1S/C6H11NO6.C4H8O3/c7-6(13)5(12)4(11)3(10)2(9)1-8;1-3(5)4(6)7-2/h1-5,9-12H,(H2,7,13);3,5H,1-2H3/t2-,3+,4-,5-;/m0./s1. The Morgan fingerprint density at radius 1 is 1.10 bits per heavy atom. The first-order valence-electron chi connectivity index (χ1n) is 5.32. The highest BCUT2D eigenvalue weighted by molar-refractivity contribution is 5.79. The molecule has 0 bridgehead atoms. The topological polar surface area (TPSA) is 188 Å². The van der Waals surface area contributed by atoms with Crippen molar-refractivity contribution in [3.8, 4) is 0 Å². The number of primary amides is 1. The minimum absolute atomic E-state index is 0.0401. The molecule has 0 rings (SSSR count). The number of methoxy groups -OCH3 is 1. The highest BCUT2D eigenvalue weighted by Gasteiger charge is 2.32. The Morgan fingerprint density at radius 2 is 1.55 bits per heavy atom. The number of rotatable bonds is 6. The van der Waals surface area contributed by atoms with Crippen LogP contribution in [0.1, 0.15) is 6.92 Å². The fourth-order valence-corrected chi connectivity index (χ4v) is 0.808. The van der Waals surface area contributed by atoms with Gasteiger partial charge in [0.1, 0.15) is 24.4 Å². The summed E-state index contributed by atoms with van der Waals surface area (Å²) in [6.45, 7) is 1.35. The van der Waals surface area contributed by atoms with E-state index in [-0.39, 0.29) is 6.29 Å². The van der Waals surface area contributed by atoms with Crippen molar-refractivity contribution >= 4 is 18.2 Å². The maximum atomic E-state index is 10.3. The predicted molar refractivity (Wildman–Crippen MR) is 63.0 cm³/mol. The molecule has 0 aromatic rings. The maximum Gasteiger partial charge on any atom is 0.334 e. The van der Waals surface area contributed by atoms with Crippen molar-refractivity contribution in [1.29, 1.82) is 0 Å². The van der Waals surface area contributed by atoms with Gasteiger partial charge in [0.15, 0.2) is 12.4 Å². The smallest absolute Gasteiger partial charge is 0.334 e. The molecule has 0 heterocycles. The summed E-state index contributed by atoms with van der Waals surface area (Å²) in [6.07, 6.45) is -8.86. The normalized spacial score (nSPS) is 17.6. The van der Waals surface area contributed by atoms with Crippen LogP contribution < -0.4 is 5.73 Å². The fraction of sp³-hybridized carbons (Fsp3) is 0.700. The summed E-state index contributed by atoms with van der Waals surface area (Å²) >= 11 is 0. The average Bonchev–Trinajstić information content (AvgIpc) is 2.43. The van der Waals surface area contributed by atoms with Crippen molar-refractivity contribution < 1.29 is 44.7 Å². The lowest BCUT2D eigenvalue weighted by Gasteiger charge is -2.21. The van der Waals surface area contributed by atoms with Gasteiger partial charge in [-0.05, 0) is 6.92 Å². The molecule has 7 N–H and O–H groups in total. The van der Waals surface area contributed by atoms with Crippen molar-refractivity contribution in [2.75, 3.05) is 7.11 Å². The molecule has 0 aromatic heterocycles. The van der Waals surface area contributed by atoms with E-state index in [1.54, 1.807) is 0 Å². The van der Waals surface area contributed by atoms with Crippen LogP contribution in [0.3, 0.4) is 0 Å². The van der Waals surface area contributed by atoms with Crippen LogP contribution in [0, 0.1) is 0 Å². The second-order valence-corrected chi connectivity index (χ2v) is 3.65. The zero-order chi connectivity index (χ0) is 16.5. The molecule has 0 saturated carbocycles. The number of carbonyl (C=O) groups excluding carboxylic acids is 3. The number of hydrogen-bond acceptors (Lipinski definition) is 9. The first-order chi connectivity index (χ1) is 9.09. The molecule has 1 amide bonds. The average molecular weight is 297 g/mol. The van der Waals surface area contributed by atoms with E-state index in [1.165, 1.54) is 14.0 Å². The molecule has 0 fully saturated rings. The number of aliphatic hydroxyl groups is 5. The zero-order valence-electron chi connectivity index (χ0n) is 10.9. The second kappa shape index (κ2) is 10.2. The van der Waals surface area contributed by atoms with E-state index >= 15 is 0 Å². The molecule has 10 heteroatoms. The van der Waals surface area contributed by atoms with Crippen LogP contribution in [0.5, 0.6) is 0 Å². The summed E-state index contributed by atoms with van der Waals surface area (Å²) in [5.74, 6) is -1.86. The Labute approximate surface area is 114 Å². The van der Waals surface area contributed by atoms with Crippen molar-refractivity contribution in [2.45, 2.75) is 37.4 Å². The number of aliphatic hydroxyl groups excluding tert-OH is 5. The molecule has 0 aliphatic carbocycles. The number of hydrogen-bond donors (Lipinski definition) is 6. The van der Waals surface area contributed by atoms with E-state index in [9.17, 15) is 14.4 Å². The SMILES string of the molecule is COC(=O)C(C)O.NC(=O)[C@@H](O)[C@@H](O)[C@H](O)[C@@H](O)C=O. The third-order valence-electron chi connectivity index (χ3n) is 2.00. The molecule has 0 aromatic carbocycles. The Bertz CT molecular complexity index is 320. The zero-order valence-corrected chi connectivity index (χ0v) is 10.9. The number of aldehydes is 1. The number of amides is 1. The highest BCUT2D eigenvalue weighted by atomic mass is 16.5. The van der Waals surface area contributed by atoms with E-state index in [4.69, 9.17) is 25.5 Å². The fourth-order valence-electron chi connectivity index (χ4n) is 0.808. The molecule has 1 unspecified atom stereocenters. The molecule has 0 saturated heterocycles. The van der Waals surface area contributed by atoms with Gasteiger partial charge in [0.25, 0.3) is 0 Å². The third kappa shape index (κ3) is 7.76. The predicted octanol–water partition coefficient (Wildman–Crippen LogP) is -4.35. The van der Waals surface area contributed by atoms with Crippen LogP contribution >= 0.6 is 0 Å². The number of ether oxygens (including phenoxy) is 1. The summed E-state index contributed by atoms with van der Waals surface area (Å²) in [7, 11) is 1.23. The van der Waals surface area contributed by atoms with Gasteiger partial charge in [-0.3, -0.25) is 4.79 Å². The number of carbonyl (C=O) groups is 3. The number of esters is 1. The van der Waals surface area contributed by atoms with E-state index < -0.39 is 42.4 Å². The van der Waals surface area contributed by atoms with E-state index in [2.05, 4.69) is 10.5 Å². The van der Waals surface area contributed by atoms with Gasteiger partial charge < -0.3 is 40.8 Å². The molecule has 0 radical (unpaired) electrons. The quantitative estimate of drug-likeness (QED) is 0.208. The van der Waals surface area contributed by atoms with Gasteiger partial charge in [-0.25, -0.2) is 4.79 Å². The Kier molecular flexibility index (Phi) is 10.6. The van der Waals surface area contributed by atoms with Gasteiger partial charge in [-0.2, -0.15) is 0 Å². The van der Waals surface area contributed by atoms with Gasteiger partial charge >= 0.3 is 5.97 Å². The third-order valence-corrected chi connectivity index (χ3v) is 2.00. The summed E-state index contributed by atoms with van der Waals surface area (Å²) < 4.78 is 4.12. The van der Waals surface area contributed by atoms with Crippen LogP contribution in [0.4, 0.5) is 0 Å². The molecular weight excluding hydrogens is 278 g/mol. The summed E-state index contributed by atoms with van der Waals surface area (Å²) in [5.41, 5.74) is 4.59. The Morgan fingerprint density at radius 3 is 1.75 bits per heavy atom. The van der Waals surface area contributed by atoms with Crippen molar-refractivity contribution in [3.63, 3.8) is 0 Å². The van der Waals surface area contributed by atoms with Crippen LogP contribution in [0.25, 0.3) is 0 Å². The molecule has 10 nitrogen and oxygen atoms in total. The monoisotopic (exact) mass is 297 g/mol. The van der Waals surface area contributed by atoms with Crippen molar-refractivity contribution in [1.82, 2.24) is 0 Å². The lowest BCUT2D eigenvalue weighted by molar-refractivity contribution is -0.149. The molecule has 0 aliphatic rings. The van der Waals surface area contributed by atoms with Gasteiger partial charge in [-0.15, -0.1) is 0 Å². The molecule has 0 aliphatic heterocycles. The van der Waals surface area contributed by atoms with Crippen molar-refractivity contribution in [3.05, 3.63) is 0 Å². The van der Waals surface area contributed by atoms with Crippen LogP contribution in [-0.2, 0) is 19.1 Å². The largest absolute Gasteiger partial charge is 0.467 e. The minimum Gasteiger partial charge on any atom is -0.467 e. The summed E-state index contributed by atoms with van der Waals surface area (Å²) in [5, 5.41) is 43.7. The van der Waals surface area contributed by atoms with Crippen molar-refractivity contribution in [2.24, 2.45) is 5.73 Å². The maximum absolute atomic E-state index is 10.3. The van der Waals surface area contributed by atoms with E-state index in [1.807, 2.05) is 0 Å². The second-order valence-electron chi connectivity index (χ2n) is 3.65. The van der Waals surface area contributed by atoms with Crippen LogP contribution in [-0.4, -0.2) is 81.3 Å². The lowest BCUT2D eigenvalue weighted by atomic mass is 10.0. The first kappa shape index (κ1) is 20.7. The molecular formula is C10H19NO9. The van der Waals surface area contributed by atoms with Gasteiger partial charge in [0.2, 0.25) is 5.91 Å². The van der Waals surface area contributed by atoms with Gasteiger partial charge in [-0.1, -0.05) is 0 Å². The van der Waals surface area contributed by atoms with Gasteiger partial charge in [0.05, 0.1) is 7.11 Å². The molecule has 118 valence electrons. The number of nitrogens with two attached hydrogens (primary N) is 1. The lowest BCUT2D eigenvalue weighted by Crippen LogP contribution is -2.49. The van der Waals surface area contributed by atoms with Crippen LogP contribution in [0.2, 0.25) is 0 Å². The Hall–Kier alpha value is -1.59. The summed E-state index contributed by atoms with van der Waals surface area (Å²) in [4.78, 5) is 30.3. The molecule has 0 spiro atoms. The van der Waals surface area contributed by atoms with E-state index in [0.29, 0.717) is 0 Å². The van der Waals surface area contributed by atoms with Gasteiger partial charge in [0, 0.05) is 0 Å².